The minimum Gasteiger partial charge on any atom is -0.493 e. The highest BCUT2D eigenvalue weighted by molar-refractivity contribution is 6.74. The number of carbonyl (C=O) groups is 2. The van der Waals surface area contributed by atoms with E-state index in [1.807, 2.05) is 18.2 Å². The van der Waals surface area contributed by atoms with Crippen molar-refractivity contribution in [1.82, 2.24) is 0 Å². The van der Waals surface area contributed by atoms with Gasteiger partial charge in [-0.1, -0.05) is 32.9 Å². The fourth-order valence-electron chi connectivity index (χ4n) is 4.84. The Morgan fingerprint density at radius 3 is 2.52 bits per heavy atom. The number of hydrogen-bond acceptors (Lipinski definition) is 5. The summed E-state index contributed by atoms with van der Waals surface area (Å²) in [5, 5.41) is 0.0725. The van der Waals surface area contributed by atoms with Crippen LogP contribution in [0.2, 0.25) is 18.1 Å². The third-order valence-corrected chi connectivity index (χ3v) is 11.9. The Hall–Kier alpha value is -1.66. The summed E-state index contributed by atoms with van der Waals surface area (Å²) < 4.78 is 18.9. The molecule has 3 rings (SSSR count). The smallest absolute Gasteiger partial charge is 0.192 e. The van der Waals surface area contributed by atoms with Crippen molar-refractivity contribution < 1.29 is 23.5 Å². The Bertz CT molecular complexity index is 769. The molecule has 1 aromatic rings. The van der Waals surface area contributed by atoms with Gasteiger partial charge in [-0.05, 0) is 43.0 Å². The number of hydrogen-bond donors (Lipinski definition) is 0. The molecule has 4 atom stereocenters. The first-order valence-corrected chi connectivity index (χ1v) is 13.4. The summed E-state index contributed by atoms with van der Waals surface area (Å²) in [6, 6.07) is 5.84. The van der Waals surface area contributed by atoms with Crippen molar-refractivity contribution in [3.8, 4) is 11.5 Å². The van der Waals surface area contributed by atoms with Crippen LogP contribution in [0.5, 0.6) is 11.5 Å². The van der Waals surface area contributed by atoms with Crippen LogP contribution in [0.3, 0.4) is 0 Å². The molecule has 0 amide bonds. The molecule has 0 spiro atoms. The van der Waals surface area contributed by atoms with E-state index in [2.05, 4.69) is 33.9 Å². The van der Waals surface area contributed by atoms with Gasteiger partial charge in [0.1, 0.15) is 18.7 Å². The number of methoxy groups -OCH3 is 1. The summed E-state index contributed by atoms with van der Waals surface area (Å²) in [5.41, 5.74) is 0.419. The number of para-hydroxylation sites is 1. The van der Waals surface area contributed by atoms with E-state index < -0.39 is 13.7 Å². The van der Waals surface area contributed by atoms with Crippen molar-refractivity contribution in [3.05, 3.63) is 23.8 Å². The largest absolute Gasteiger partial charge is 0.493 e. The normalized spacial score (nSPS) is 28.8. The van der Waals surface area contributed by atoms with Crippen LogP contribution in [0.4, 0.5) is 0 Å². The van der Waals surface area contributed by atoms with E-state index in [0.717, 1.165) is 31.0 Å². The molecule has 0 N–H and O–H groups in total. The molecule has 1 aliphatic heterocycles. The second kappa shape index (κ2) is 7.87. The molecular formula is C23H34O5Si. The molecule has 6 heteroatoms. The zero-order chi connectivity index (χ0) is 21.4. The predicted molar refractivity (Wildman–Crippen MR) is 115 cm³/mol. The molecule has 0 bridgehead atoms. The zero-order valence-corrected chi connectivity index (χ0v) is 19.5. The van der Waals surface area contributed by atoms with Gasteiger partial charge < -0.3 is 23.5 Å². The number of aldehydes is 2. The average Bonchev–Trinajstić information content (AvgIpc) is 2.99. The summed E-state index contributed by atoms with van der Waals surface area (Å²) in [7, 11) is -0.418. The van der Waals surface area contributed by atoms with E-state index in [1.54, 1.807) is 7.11 Å². The molecule has 0 unspecified atom stereocenters. The summed E-state index contributed by atoms with van der Waals surface area (Å²) in [6.07, 6.45) is 3.92. The molecule has 0 radical (unpaired) electrons. The molecule has 5 nitrogen and oxygen atoms in total. The van der Waals surface area contributed by atoms with Crippen molar-refractivity contribution in [2.45, 2.75) is 82.2 Å². The topological polar surface area (TPSA) is 61.8 Å². The lowest BCUT2D eigenvalue weighted by Gasteiger charge is -2.50. The first kappa shape index (κ1) is 22.0. The Morgan fingerprint density at radius 2 is 1.93 bits per heavy atom. The van der Waals surface area contributed by atoms with E-state index in [0.29, 0.717) is 24.3 Å². The molecule has 2 aliphatic rings. The lowest BCUT2D eigenvalue weighted by Crippen LogP contribution is -2.58. The first-order chi connectivity index (χ1) is 13.6. The van der Waals surface area contributed by atoms with Crippen LogP contribution in [-0.4, -0.2) is 40.2 Å². The molecule has 0 aromatic heterocycles. The average molecular weight is 419 g/mol. The second-order valence-corrected chi connectivity index (χ2v) is 14.6. The van der Waals surface area contributed by atoms with E-state index in [1.165, 1.54) is 0 Å². The maximum absolute atomic E-state index is 11.9. The van der Waals surface area contributed by atoms with Crippen LogP contribution in [-0.2, 0) is 19.4 Å². The van der Waals surface area contributed by atoms with E-state index in [4.69, 9.17) is 13.9 Å². The van der Waals surface area contributed by atoms with Crippen molar-refractivity contribution in [1.29, 1.82) is 0 Å². The monoisotopic (exact) mass is 418 g/mol. The van der Waals surface area contributed by atoms with Crippen molar-refractivity contribution in [2.75, 3.05) is 7.11 Å². The predicted octanol–water partition coefficient (Wildman–Crippen LogP) is 4.67. The van der Waals surface area contributed by atoms with Gasteiger partial charge in [-0.15, -0.1) is 0 Å². The van der Waals surface area contributed by atoms with Crippen LogP contribution >= 0.6 is 0 Å². The number of rotatable bonds is 7. The number of ether oxygens (including phenoxy) is 2. The van der Waals surface area contributed by atoms with Crippen molar-refractivity contribution in [3.63, 3.8) is 0 Å². The Labute approximate surface area is 175 Å². The summed E-state index contributed by atoms with van der Waals surface area (Å²) in [4.78, 5) is 23.4. The molecular weight excluding hydrogens is 384 g/mol. The number of fused-ring (bicyclic) bond motifs is 3. The zero-order valence-electron chi connectivity index (χ0n) is 18.5. The summed E-state index contributed by atoms with van der Waals surface area (Å²) in [5.74, 6) is 1.41. The van der Waals surface area contributed by atoms with Gasteiger partial charge in [-0.25, -0.2) is 0 Å². The highest BCUT2D eigenvalue weighted by atomic mass is 28.4. The highest BCUT2D eigenvalue weighted by Gasteiger charge is 2.60. The van der Waals surface area contributed by atoms with Gasteiger partial charge in [-0.3, -0.25) is 0 Å². The minimum absolute atomic E-state index is 0.0443. The Balaban J connectivity index is 2.11. The van der Waals surface area contributed by atoms with E-state index >= 15 is 0 Å². The minimum atomic E-state index is -2.04. The number of carbonyl (C=O) groups excluding carboxylic acids is 2. The third-order valence-electron chi connectivity index (χ3n) is 7.37. The van der Waals surface area contributed by atoms with Crippen LogP contribution in [0.15, 0.2) is 18.2 Å². The molecule has 0 saturated heterocycles. The molecule has 1 saturated carbocycles. The van der Waals surface area contributed by atoms with Crippen LogP contribution < -0.4 is 9.47 Å². The van der Waals surface area contributed by atoms with Gasteiger partial charge in [0.2, 0.25) is 0 Å². The fourth-order valence-corrected chi connectivity index (χ4v) is 6.19. The molecule has 1 aromatic carbocycles. The molecule has 1 fully saturated rings. The third kappa shape index (κ3) is 3.54. The highest BCUT2D eigenvalue weighted by Crippen LogP contribution is 2.59. The molecule has 1 aliphatic carbocycles. The van der Waals surface area contributed by atoms with Gasteiger partial charge >= 0.3 is 0 Å². The van der Waals surface area contributed by atoms with Gasteiger partial charge in [0.05, 0.1) is 13.2 Å². The van der Waals surface area contributed by atoms with Crippen molar-refractivity contribution in [2.24, 2.45) is 5.92 Å². The molecule has 160 valence electrons. The Morgan fingerprint density at radius 1 is 1.21 bits per heavy atom. The van der Waals surface area contributed by atoms with Crippen LogP contribution in [0.1, 0.15) is 52.0 Å². The Kier molecular flexibility index (Phi) is 5.98. The van der Waals surface area contributed by atoms with Gasteiger partial charge in [0.25, 0.3) is 0 Å². The quantitative estimate of drug-likeness (QED) is 0.475. The van der Waals surface area contributed by atoms with Gasteiger partial charge in [0.15, 0.2) is 19.8 Å². The lowest BCUT2D eigenvalue weighted by molar-refractivity contribution is -0.117. The maximum atomic E-state index is 11.9. The lowest BCUT2D eigenvalue weighted by atomic mass is 9.59. The summed E-state index contributed by atoms with van der Waals surface area (Å²) in [6.45, 7) is 11.2. The SMILES string of the molecule is COc1cccc2c1O[C@H]1[C@H](O[Si](C)(C)C(C)(C)C)CC[C@@H](CC=O)[C@@]21CC=O. The van der Waals surface area contributed by atoms with Crippen molar-refractivity contribution >= 4 is 20.9 Å². The van der Waals surface area contributed by atoms with E-state index in [9.17, 15) is 9.59 Å². The van der Waals surface area contributed by atoms with Crippen LogP contribution in [0, 0.1) is 5.92 Å². The second-order valence-electron chi connectivity index (χ2n) is 9.88. The molecule has 29 heavy (non-hydrogen) atoms. The molecule has 1 heterocycles. The maximum Gasteiger partial charge on any atom is 0.192 e. The number of benzene rings is 1. The fraction of sp³-hybridized carbons (Fsp3) is 0.652. The van der Waals surface area contributed by atoms with Crippen LogP contribution in [0.25, 0.3) is 0 Å². The summed E-state index contributed by atoms with van der Waals surface area (Å²) >= 11 is 0. The van der Waals surface area contributed by atoms with E-state index in [-0.39, 0.29) is 23.2 Å². The van der Waals surface area contributed by atoms with Gasteiger partial charge in [0, 0.05) is 23.8 Å². The standard InChI is InChI=1S/C23H34O5Si/c1-22(2,3)29(5,6)28-19-11-10-16(12-14-24)23(13-15-25)17-8-7-9-18(26-4)20(17)27-21(19)23/h7-9,14-16,19,21H,10-13H2,1-6H3/t16-,19+,21-,23-/m0/s1. The first-order valence-electron chi connectivity index (χ1n) is 10.5. The van der Waals surface area contributed by atoms with Gasteiger partial charge in [-0.2, -0.15) is 0 Å².